The fraction of sp³-hybridized carbons (Fsp3) is 0.581. The number of rotatable bonds is 12. The highest BCUT2D eigenvalue weighted by Crippen LogP contribution is 2.40. The van der Waals surface area contributed by atoms with E-state index in [1.165, 1.54) is 6.20 Å². The van der Waals surface area contributed by atoms with E-state index in [4.69, 9.17) is 4.74 Å². The van der Waals surface area contributed by atoms with Crippen molar-refractivity contribution < 1.29 is 17.9 Å². The number of nitrogens with one attached hydrogen (secondary N) is 2. The Morgan fingerprint density at radius 3 is 2.55 bits per heavy atom. The number of ether oxygens (including phenoxy) is 1. The number of anilines is 1. The Balaban J connectivity index is 1.87. The summed E-state index contributed by atoms with van der Waals surface area (Å²) in [6.45, 7) is 17.5. The molecule has 0 fully saturated rings. The highest BCUT2D eigenvalue weighted by atomic mass is 32.2. The van der Waals surface area contributed by atoms with Crippen LogP contribution in [0.4, 0.5) is 5.69 Å². The number of nitriles is 1. The van der Waals surface area contributed by atoms with Gasteiger partial charge in [-0.15, -0.1) is 0 Å². The third-order valence-electron chi connectivity index (χ3n) is 7.09. The second kappa shape index (κ2) is 13.2. The van der Waals surface area contributed by atoms with Crippen molar-refractivity contribution in [3.05, 3.63) is 53.1 Å². The first-order valence-electron chi connectivity index (χ1n) is 14.6. The van der Waals surface area contributed by atoms with Gasteiger partial charge in [0, 0.05) is 37.7 Å². The van der Waals surface area contributed by atoms with Crippen LogP contribution in [0.25, 0.3) is 5.57 Å². The molecular weight excluding hydrogens is 567 g/mol. The van der Waals surface area contributed by atoms with Crippen LogP contribution in [0.1, 0.15) is 81.3 Å². The molecule has 2 aromatic rings. The molecule has 0 saturated heterocycles. The largest absolute Gasteiger partial charge is 0.361 e. The smallest absolute Gasteiger partial charge is 0.291 e. The molecule has 0 atom stereocenters. The summed E-state index contributed by atoms with van der Waals surface area (Å²) < 4.78 is 35.4. The molecule has 3 rings (SSSR count). The van der Waals surface area contributed by atoms with E-state index < -0.39 is 29.5 Å². The topological polar surface area (TPSA) is 126 Å². The lowest BCUT2D eigenvalue weighted by molar-refractivity contribution is 0.0808. The molecule has 2 N–H and O–H groups in total. The number of imidazole rings is 1. The average molecular weight is 614 g/mol. The predicted octanol–water partition coefficient (Wildman–Crippen LogP) is 6.17. The van der Waals surface area contributed by atoms with E-state index in [1.54, 1.807) is 4.57 Å². The van der Waals surface area contributed by atoms with Crippen LogP contribution in [-0.2, 0) is 27.9 Å². The zero-order valence-corrected chi connectivity index (χ0v) is 28.2. The highest BCUT2D eigenvalue weighted by Gasteiger charge is 2.25. The zero-order chi connectivity index (χ0) is 31.3. The van der Waals surface area contributed by atoms with E-state index in [2.05, 4.69) is 54.6 Å². The van der Waals surface area contributed by atoms with Gasteiger partial charge in [0.25, 0.3) is 5.91 Å². The summed E-state index contributed by atoms with van der Waals surface area (Å²) in [7, 11) is -4.73. The van der Waals surface area contributed by atoms with Gasteiger partial charge in [0.05, 0.1) is 5.75 Å². The van der Waals surface area contributed by atoms with E-state index in [1.807, 2.05) is 45.0 Å². The molecule has 11 heteroatoms. The molecule has 1 aromatic heterocycles. The Hall–Kier alpha value is -2.78. The maximum Gasteiger partial charge on any atom is 0.291 e. The Morgan fingerprint density at radius 1 is 1.24 bits per heavy atom. The molecule has 230 valence electrons. The van der Waals surface area contributed by atoms with E-state index in [0.717, 1.165) is 42.0 Å². The van der Waals surface area contributed by atoms with Crippen molar-refractivity contribution in [1.29, 1.82) is 5.26 Å². The molecule has 1 aromatic carbocycles. The Morgan fingerprint density at radius 2 is 1.95 bits per heavy atom. The standard InChI is InChI=1S/C31H47N5O4SSi/c1-30(2,3)35-41(38,39)17-13-23-9-10-27(26(19-23)24-11-14-31(4,5)15-12-24)34-29(37)28-33-25(20-32)21-36(28)22-40-16-18-42(6,7)8/h9-11,19,21,35H,12-18,22H2,1-8H3,(H,34,37). The third kappa shape index (κ3) is 10.5. The molecule has 0 spiro atoms. The number of carbonyl (C=O) groups is 1. The zero-order valence-electron chi connectivity index (χ0n) is 26.4. The average Bonchev–Trinajstić information content (AvgIpc) is 3.28. The first-order chi connectivity index (χ1) is 19.4. The Bertz CT molecular complexity index is 1460. The lowest BCUT2D eigenvalue weighted by atomic mass is 9.76. The van der Waals surface area contributed by atoms with Gasteiger partial charge in [0.15, 0.2) is 5.69 Å². The van der Waals surface area contributed by atoms with Crippen molar-refractivity contribution in [2.24, 2.45) is 5.41 Å². The van der Waals surface area contributed by atoms with Crippen molar-refractivity contribution in [3.8, 4) is 6.07 Å². The van der Waals surface area contributed by atoms with Crippen LogP contribution in [0.5, 0.6) is 0 Å². The summed E-state index contributed by atoms with van der Waals surface area (Å²) in [6, 6.07) is 8.67. The van der Waals surface area contributed by atoms with E-state index in [0.29, 0.717) is 18.7 Å². The molecule has 0 unspecified atom stereocenters. The summed E-state index contributed by atoms with van der Waals surface area (Å²) in [4.78, 5) is 17.8. The van der Waals surface area contributed by atoms with Gasteiger partial charge in [0.1, 0.15) is 12.8 Å². The molecule has 0 aliphatic heterocycles. The SMILES string of the molecule is CC1(C)CC=C(c2cc(CCS(=O)(=O)NC(C)(C)C)ccc2NC(=O)c2nc(C#N)cn2COCC[Si](C)(C)C)CC1. The summed E-state index contributed by atoms with van der Waals surface area (Å²) in [5.74, 6) is -0.367. The molecular formula is C31H47N5O4SSi. The molecule has 0 saturated carbocycles. The molecule has 42 heavy (non-hydrogen) atoms. The van der Waals surface area contributed by atoms with Crippen LogP contribution in [0.2, 0.25) is 25.7 Å². The summed E-state index contributed by atoms with van der Waals surface area (Å²) in [5.41, 5.74) is 3.29. The van der Waals surface area contributed by atoms with Gasteiger partial charge in [-0.3, -0.25) is 4.79 Å². The lowest BCUT2D eigenvalue weighted by Gasteiger charge is -2.29. The highest BCUT2D eigenvalue weighted by molar-refractivity contribution is 7.89. The first-order valence-corrected chi connectivity index (χ1v) is 19.9. The van der Waals surface area contributed by atoms with Crippen LogP contribution < -0.4 is 10.0 Å². The second-order valence-corrected chi connectivity index (χ2v) is 21.7. The van der Waals surface area contributed by atoms with Crippen LogP contribution in [0.3, 0.4) is 0 Å². The number of allylic oxidation sites excluding steroid dienone is 2. The maximum absolute atomic E-state index is 13.5. The number of nitrogens with zero attached hydrogens (tertiary/aromatic N) is 3. The van der Waals surface area contributed by atoms with Gasteiger partial charge in [-0.05, 0) is 81.2 Å². The fourth-order valence-corrected chi connectivity index (χ4v) is 6.98. The normalized spacial score (nSPS) is 15.6. The number of hydrogen-bond acceptors (Lipinski definition) is 6. The van der Waals surface area contributed by atoms with Gasteiger partial charge in [-0.2, -0.15) is 5.26 Å². The van der Waals surface area contributed by atoms with Crippen molar-refractivity contribution in [2.75, 3.05) is 17.7 Å². The lowest BCUT2D eigenvalue weighted by Crippen LogP contribution is -2.42. The molecule has 1 heterocycles. The van der Waals surface area contributed by atoms with Crippen molar-refractivity contribution in [1.82, 2.24) is 14.3 Å². The third-order valence-corrected chi connectivity index (χ3v) is 10.5. The quantitative estimate of drug-likeness (QED) is 0.218. The van der Waals surface area contributed by atoms with E-state index in [9.17, 15) is 18.5 Å². The van der Waals surface area contributed by atoms with Crippen LogP contribution in [0, 0.1) is 16.7 Å². The van der Waals surface area contributed by atoms with Crippen molar-refractivity contribution >= 4 is 35.3 Å². The molecule has 1 aliphatic rings. The summed E-state index contributed by atoms with van der Waals surface area (Å²) >= 11 is 0. The van der Waals surface area contributed by atoms with Crippen molar-refractivity contribution in [3.63, 3.8) is 0 Å². The van der Waals surface area contributed by atoms with Crippen LogP contribution in [-0.4, -0.2) is 49.8 Å². The minimum Gasteiger partial charge on any atom is -0.361 e. The van der Waals surface area contributed by atoms with Gasteiger partial charge < -0.3 is 14.6 Å². The van der Waals surface area contributed by atoms with Gasteiger partial charge in [-0.25, -0.2) is 18.1 Å². The fourth-order valence-electron chi connectivity index (χ4n) is 4.68. The number of benzene rings is 1. The van der Waals surface area contributed by atoms with E-state index in [-0.39, 0.29) is 29.4 Å². The monoisotopic (exact) mass is 613 g/mol. The minimum absolute atomic E-state index is 0.0342. The first kappa shape index (κ1) is 33.7. The summed E-state index contributed by atoms with van der Waals surface area (Å²) in [6.07, 6.45) is 6.86. The second-order valence-electron chi connectivity index (χ2n) is 14.2. The van der Waals surface area contributed by atoms with E-state index >= 15 is 0 Å². The number of aryl methyl sites for hydroxylation is 1. The van der Waals surface area contributed by atoms with Gasteiger partial charge in [-0.1, -0.05) is 45.6 Å². The minimum atomic E-state index is -3.46. The molecule has 9 nitrogen and oxygen atoms in total. The summed E-state index contributed by atoms with van der Waals surface area (Å²) in [5, 5.41) is 12.5. The molecule has 1 aliphatic carbocycles. The molecule has 0 bridgehead atoms. The van der Waals surface area contributed by atoms with Gasteiger partial charge in [0.2, 0.25) is 15.8 Å². The Labute approximate surface area is 252 Å². The predicted molar refractivity (Wildman–Crippen MR) is 171 cm³/mol. The number of amides is 1. The van der Waals surface area contributed by atoms with Crippen LogP contribution >= 0.6 is 0 Å². The number of hydrogen-bond donors (Lipinski definition) is 2. The van der Waals surface area contributed by atoms with Gasteiger partial charge >= 0.3 is 0 Å². The molecule has 1 amide bonds. The Kier molecular flexibility index (Phi) is 10.6. The number of sulfonamides is 1. The molecule has 0 radical (unpaired) electrons. The van der Waals surface area contributed by atoms with Crippen LogP contribution in [0.15, 0.2) is 30.5 Å². The number of aromatic nitrogens is 2. The maximum atomic E-state index is 13.5. The number of carbonyl (C=O) groups excluding carboxylic acids is 1. The van der Waals surface area contributed by atoms with Crippen molar-refractivity contribution in [2.45, 2.75) is 98.3 Å².